The van der Waals surface area contributed by atoms with Gasteiger partial charge in [0.1, 0.15) is 0 Å². The van der Waals surface area contributed by atoms with Crippen LogP contribution in [-0.2, 0) is 5.41 Å². The van der Waals surface area contributed by atoms with Crippen molar-refractivity contribution in [2.45, 2.75) is 12.3 Å². The van der Waals surface area contributed by atoms with Gasteiger partial charge in [-0.1, -0.05) is 176 Å². The van der Waals surface area contributed by atoms with Gasteiger partial charge in [-0.15, -0.1) is 0 Å². The Morgan fingerprint density at radius 1 is 0.362 bits per heavy atom. The molecule has 276 valence electrons. The van der Waals surface area contributed by atoms with Crippen LogP contribution in [0.3, 0.4) is 0 Å². The predicted octanol–water partition coefficient (Wildman–Crippen LogP) is 14.9. The van der Waals surface area contributed by atoms with E-state index in [-0.39, 0.29) is 0 Å². The molecule has 9 aromatic rings. The number of hydrogen-bond donors (Lipinski definition) is 1. The molecule has 0 atom stereocenters. The summed E-state index contributed by atoms with van der Waals surface area (Å²) in [7, 11) is 0. The van der Waals surface area contributed by atoms with Gasteiger partial charge in [0.2, 0.25) is 0 Å². The van der Waals surface area contributed by atoms with Gasteiger partial charge in [-0.25, -0.2) is 0 Å². The van der Waals surface area contributed by atoms with Gasteiger partial charge in [-0.05, 0) is 117 Å². The smallest absolute Gasteiger partial charge is 0.0714 e. The third kappa shape index (κ3) is 6.07. The summed E-state index contributed by atoms with van der Waals surface area (Å²) in [6.07, 6.45) is 0. The fourth-order valence-electron chi connectivity index (χ4n) is 9.05. The molecule has 0 bridgehead atoms. The van der Waals surface area contributed by atoms with Gasteiger partial charge in [-0.2, -0.15) is 0 Å². The van der Waals surface area contributed by atoms with Crippen molar-refractivity contribution in [3.05, 3.63) is 258 Å². The summed E-state index contributed by atoms with van der Waals surface area (Å²) in [5, 5.41) is 3.66. The first-order valence-corrected chi connectivity index (χ1v) is 20.0. The molecule has 1 aliphatic carbocycles. The summed E-state index contributed by atoms with van der Waals surface area (Å²) in [4.78, 5) is 2.42. The number of aryl methyl sites for hydroxylation is 1. The minimum Gasteiger partial charge on any atom is -0.355 e. The number of anilines is 5. The van der Waals surface area contributed by atoms with Crippen LogP contribution in [0.5, 0.6) is 0 Å². The van der Waals surface area contributed by atoms with Crippen molar-refractivity contribution in [3.63, 3.8) is 0 Å². The highest BCUT2D eigenvalue weighted by Gasteiger charge is 2.46. The summed E-state index contributed by atoms with van der Waals surface area (Å²) in [5.74, 6) is 0. The van der Waals surface area contributed by atoms with Gasteiger partial charge in [0.15, 0.2) is 0 Å². The van der Waals surface area contributed by atoms with Crippen LogP contribution in [0.1, 0.15) is 27.8 Å². The molecule has 0 aromatic heterocycles. The Hall–Kier alpha value is -7.42. The summed E-state index contributed by atoms with van der Waals surface area (Å²) < 4.78 is 0. The SMILES string of the molecule is Cc1cc(N(c2ccc(-c3ccccc3)cc2)c2ccc3c(c2)C(c2ccccc2)(c2ccccc2)c2ccccc2-3)ccc1-c1ccccc1Nc1ccccc1. The Morgan fingerprint density at radius 2 is 0.845 bits per heavy atom. The summed E-state index contributed by atoms with van der Waals surface area (Å²) >= 11 is 0. The number of fused-ring (bicyclic) bond motifs is 3. The van der Waals surface area contributed by atoms with E-state index in [9.17, 15) is 0 Å². The number of nitrogens with zero attached hydrogens (tertiary/aromatic N) is 1. The molecule has 2 nitrogen and oxygen atoms in total. The second-order valence-corrected chi connectivity index (χ2v) is 15.0. The standard InChI is InChI=1S/C56H42N2/c1-40-38-47(34-36-49(40)52-27-15-17-29-55(52)57-45-24-12-5-13-25-45)58(46-32-30-42(31-33-46)41-18-6-2-7-19-41)48-35-37-51-50-26-14-16-28-53(50)56(54(51)39-48,43-20-8-3-9-21-43)44-22-10-4-11-23-44/h2-39,57H,1H3. The van der Waals surface area contributed by atoms with Crippen molar-refractivity contribution in [2.75, 3.05) is 10.2 Å². The molecule has 1 aliphatic rings. The highest BCUT2D eigenvalue weighted by atomic mass is 15.1. The first-order chi connectivity index (χ1) is 28.7. The minimum absolute atomic E-state index is 0.497. The fraction of sp³-hybridized carbons (Fsp3) is 0.0357. The monoisotopic (exact) mass is 742 g/mol. The first-order valence-electron chi connectivity index (χ1n) is 20.0. The fourth-order valence-corrected chi connectivity index (χ4v) is 9.05. The van der Waals surface area contributed by atoms with Gasteiger partial charge in [0.05, 0.1) is 5.41 Å². The van der Waals surface area contributed by atoms with E-state index in [1.54, 1.807) is 0 Å². The molecule has 0 heterocycles. The quantitative estimate of drug-likeness (QED) is 0.158. The van der Waals surface area contributed by atoms with Crippen LogP contribution in [0.25, 0.3) is 33.4 Å². The van der Waals surface area contributed by atoms with E-state index >= 15 is 0 Å². The van der Waals surface area contributed by atoms with Crippen molar-refractivity contribution in [3.8, 4) is 33.4 Å². The Bertz CT molecular complexity index is 2810. The van der Waals surface area contributed by atoms with E-state index in [4.69, 9.17) is 0 Å². The lowest BCUT2D eigenvalue weighted by Crippen LogP contribution is -2.28. The van der Waals surface area contributed by atoms with Crippen LogP contribution in [0, 0.1) is 6.92 Å². The maximum Gasteiger partial charge on any atom is 0.0714 e. The largest absolute Gasteiger partial charge is 0.355 e. The van der Waals surface area contributed by atoms with E-state index in [1.807, 2.05) is 6.07 Å². The van der Waals surface area contributed by atoms with E-state index < -0.39 is 5.41 Å². The molecule has 0 saturated heterocycles. The summed E-state index contributed by atoms with van der Waals surface area (Å²) in [5.41, 5.74) is 18.5. The predicted molar refractivity (Wildman–Crippen MR) is 244 cm³/mol. The van der Waals surface area contributed by atoms with E-state index in [0.29, 0.717) is 0 Å². The van der Waals surface area contributed by atoms with Crippen LogP contribution >= 0.6 is 0 Å². The molecule has 0 unspecified atom stereocenters. The average Bonchev–Trinajstić information content (AvgIpc) is 3.59. The second kappa shape index (κ2) is 14.9. The number of hydrogen-bond acceptors (Lipinski definition) is 2. The molecule has 9 aromatic carbocycles. The highest BCUT2D eigenvalue weighted by Crippen LogP contribution is 2.57. The van der Waals surface area contributed by atoms with Crippen molar-refractivity contribution >= 4 is 28.4 Å². The normalized spacial score (nSPS) is 12.4. The van der Waals surface area contributed by atoms with E-state index in [0.717, 1.165) is 28.4 Å². The lowest BCUT2D eigenvalue weighted by Gasteiger charge is -2.35. The molecule has 10 rings (SSSR count). The molecule has 1 N–H and O–H groups in total. The van der Waals surface area contributed by atoms with Crippen molar-refractivity contribution in [1.82, 2.24) is 0 Å². The molecule has 0 saturated carbocycles. The summed E-state index contributed by atoms with van der Waals surface area (Å²) in [6, 6.07) is 83.6. The molecule has 2 heteroatoms. The first kappa shape index (κ1) is 35.0. The van der Waals surface area contributed by atoms with Gasteiger partial charge in [0.25, 0.3) is 0 Å². The van der Waals surface area contributed by atoms with Crippen LogP contribution in [0.2, 0.25) is 0 Å². The van der Waals surface area contributed by atoms with Gasteiger partial charge >= 0.3 is 0 Å². The molecule has 0 spiro atoms. The third-order valence-electron chi connectivity index (χ3n) is 11.7. The Kier molecular flexibility index (Phi) is 9.01. The van der Waals surface area contributed by atoms with Crippen molar-refractivity contribution < 1.29 is 0 Å². The van der Waals surface area contributed by atoms with Crippen LogP contribution in [0.15, 0.2) is 231 Å². The Labute approximate surface area is 341 Å². The third-order valence-corrected chi connectivity index (χ3v) is 11.7. The molecular weight excluding hydrogens is 701 g/mol. The highest BCUT2D eigenvalue weighted by molar-refractivity contribution is 5.91. The zero-order valence-electron chi connectivity index (χ0n) is 32.4. The molecule has 0 aliphatic heterocycles. The van der Waals surface area contributed by atoms with Crippen LogP contribution in [-0.4, -0.2) is 0 Å². The van der Waals surface area contributed by atoms with Gasteiger partial charge < -0.3 is 10.2 Å². The van der Waals surface area contributed by atoms with Gasteiger partial charge in [-0.3, -0.25) is 0 Å². The van der Waals surface area contributed by atoms with Crippen LogP contribution < -0.4 is 10.2 Å². The van der Waals surface area contributed by atoms with Crippen molar-refractivity contribution in [2.24, 2.45) is 0 Å². The molecule has 0 fully saturated rings. The maximum atomic E-state index is 3.66. The van der Waals surface area contributed by atoms with Crippen molar-refractivity contribution in [1.29, 1.82) is 0 Å². The zero-order valence-corrected chi connectivity index (χ0v) is 32.4. The molecule has 0 radical (unpaired) electrons. The molecule has 58 heavy (non-hydrogen) atoms. The van der Waals surface area contributed by atoms with E-state index in [2.05, 4.69) is 242 Å². The number of para-hydroxylation sites is 2. The Balaban J connectivity index is 1.15. The summed E-state index contributed by atoms with van der Waals surface area (Å²) in [6.45, 7) is 2.23. The van der Waals surface area contributed by atoms with Gasteiger partial charge in [0, 0.05) is 34.0 Å². The zero-order chi connectivity index (χ0) is 38.9. The lowest BCUT2D eigenvalue weighted by atomic mass is 9.67. The number of benzene rings is 9. The number of nitrogens with one attached hydrogen (secondary N) is 1. The molecular formula is C56H42N2. The lowest BCUT2D eigenvalue weighted by molar-refractivity contribution is 0.768. The Morgan fingerprint density at radius 3 is 1.50 bits per heavy atom. The molecule has 0 amide bonds. The topological polar surface area (TPSA) is 15.3 Å². The maximum absolute atomic E-state index is 3.66. The minimum atomic E-state index is -0.497. The van der Waals surface area contributed by atoms with Crippen LogP contribution in [0.4, 0.5) is 28.4 Å². The van der Waals surface area contributed by atoms with E-state index in [1.165, 1.54) is 61.2 Å². The average molecular weight is 743 g/mol. The second-order valence-electron chi connectivity index (χ2n) is 15.0. The number of rotatable bonds is 9.